The highest BCUT2D eigenvalue weighted by Gasteiger charge is 2.30. The van der Waals surface area contributed by atoms with E-state index in [4.69, 9.17) is 9.47 Å². The van der Waals surface area contributed by atoms with E-state index in [9.17, 15) is 14.6 Å². The van der Waals surface area contributed by atoms with Gasteiger partial charge in [0, 0.05) is 30.1 Å². The Hall–Kier alpha value is -3.51. The number of rotatable bonds is 7. The Morgan fingerprint density at radius 1 is 1.03 bits per heavy atom. The summed E-state index contributed by atoms with van der Waals surface area (Å²) in [7, 11) is 0. The number of phenols is 2. The number of benzene rings is 3. The van der Waals surface area contributed by atoms with E-state index in [-0.39, 0.29) is 30.2 Å². The summed E-state index contributed by atoms with van der Waals surface area (Å²) in [6.45, 7) is 4.85. The van der Waals surface area contributed by atoms with Gasteiger partial charge in [-0.3, -0.25) is 9.29 Å². The molecule has 0 saturated carbocycles. The van der Waals surface area contributed by atoms with Crippen LogP contribution in [0, 0.1) is 5.92 Å². The molecule has 1 unspecified atom stereocenters. The predicted molar refractivity (Wildman–Crippen MR) is 135 cm³/mol. The number of nitrogens with zero attached hydrogens (tertiary/aromatic N) is 1. The smallest absolute Gasteiger partial charge is 0.150 e. The quantitative estimate of drug-likeness (QED) is 0.450. The van der Waals surface area contributed by atoms with Crippen molar-refractivity contribution in [2.45, 2.75) is 19.4 Å². The molecule has 0 spiro atoms. The molecule has 3 aromatic rings. The fourth-order valence-corrected chi connectivity index (χ4v) is 4.99. The van der Waals surface area contributed by atoms with Crippen LogP contribution in [0.2, 0.25) is 0 Å². The molecule has 3 aromatic carbocycles. The number of halogens is 1. The number of ether oxygens (including phenoxy) is 2. The second kappa shape index (κ2) is 10.0. The molecule has 1 saturated heterocycles. The van der Waals surface area contributed by atoms with E-state index in [1.54, 1.807) is 30.3 Å². The van der Waals surface area contributed by atoms with Gasteiger partial charge in [0.05, 0.1) is 6.67 Å². The van der Waals surface area contributed by atoms with E-state index in [0.717, 1.165) is 59.6 Å². The van der Waals surface area contributed by atoms with Crippen molar-refractivity contribution in [3.63, 3.8) is 0 Å². The molecule has 6 heteroatoms. The predicted octanol–water partition coefficient (Wildman–Crippen LogP) is 5.83. The summed E-state index contributed by atoms with van der Waals surface area (Å²) in [6.07, 6.45) is 0.536. The minimum absolute atomic E-state index is 0.163. The fraction of sp³-hybridized carbons (Fsp3) is 0.310. The van der Waals surface area contributed by atoms with E-state index in [2.05, 4.69) is 4.90 Å². The normalized spacial score (nSPS) is 19.9. The van der Waals surface area contributed by atoms with Crippen LogP contribution in [0.1, 0.15) is 36.1 Å². The maximum Gasteiger partial charge on any atom is 0.150 e. The summed E-state index contributed by atoms with van der Waals surface area (Å²) in [6, 6.07) is 20.1. The first-order chi connectivity index (χ1) is 17.0. The van der Waals surface area contributed by atoms with Crippen molar-refractivity contribution in [1.29, 1.82) is 0 Å². The molecule has 2 heterocycles. The first-order valence-corrected chi connectivity index (χ1v) is 12.0. The first kappa shape index (κ1) is 23.2. The Bertz CT molecular complexity index is 1220. The van der Waals surface area contributed by atoms with Gasteiger partial charge >= 0.3 is 0 Å². The SMILES string of the molecule is CC1=C(c2cccc(O)c2)[C@H](c2ccc(OCCN3CCC(CF)C3)cc2)Oc2ccc(O)cc21. The van der Waals surface area contributed by atoms with Crippen molar-refractivity contribution in [3.8, 4) is 23.0 Å². The standard InChI is InChI=1S/C29H30FNO4/c1-19-26-16-24(33)7-10-27(26)35-29(28(19)22-3-2-4-23(32)15-22)21-5-8-25(9-6-21)34-14-13-31-12-11-20(17-30)18-31/h2-10,15-16,20,29,32-33H,11-14,17-18H2,1H3/t20?,29-/m0/s1. The van der Waals surface area contributed by atoms with Crippen LogP contribution >= 0.6 is 0 Å². The first-order valence-electron chi connectivity index (χ1n) is 12.0. The fourth-order valence-electron chi connectivity index (χ4n) is 4.99. The third kappa shape index (κ3) is 4.98. The maximum atomic E-state index is 12.8. The monoisotopic (exact) mass is 475 g/mol. The third-order valence-corrected chi connectivity index (χ3v) is 6.88. The van der Waals surface area contributed by atoms with Crippen LogP contribution in [0.15, 0.2) is 66.7 Å². The Morgan fingerprint density at radius 2 is 1.83 bits per heavy atom. The Balaban J connectivity index is 1.37. The molecular weight excluding hydrogens is 445 g/mol. The molecule has 2 aliphatic heterocycles. The number of allylic oxidation sites excluding steroid dienone is 1. The average molecular weight is 476 g/mol. The second-order valence-electron chi connectivity index (χ2n) is 9.29. The van der Waals surface area contributed by atoms with Gasteiger partial charge in [0.2, 0.25) is 0 Å². The number of hydrogen-bond donors (Lipinski definition) is 2. The van der Waals surface area contributed by atoms with Crippen molar-refractivity contribution in [1.82, 2.24) is 4.90 Å². The highest BCUT2D eigenvalue weighted by Crippen LogP contribution is 2.47. The molecule has 0 amide bonds. The zero-order valence-electron chi connectivity index (χ0n) is 19.8. The van der Waals surface area contributed by atoms with Crippen molar-refractivity contribution in [3.05, 3.63) is 83.4 Å². The second-order valence-corrected chi connectivity index (χ2v) is 9.29. The molecule has 182 valence electrons. The van der Waals surface area contributed by atoms with Crippen LogP contribution in [0.3, 0.4) is 0 Å². The Morgan fingerprint density at radius 3 is 2.57 bits per heavy atom. The van der Waals surface area contributed by atoms with Gasteiger partial charge in [-0.15, -0.1) is 0 Å². The minimum Gasteiger partial charge on any atom is -0.508 e. The highest BCUT2D eigenvalue weighted by atomic mass is 19.1. The van der Waals surface area contributed by atoms with Crippen LogP contribution < -0.4 is 9.47 Å². The van der Waals surface area contributed by atoms with Gasteiger partial charge in [-0.2, -0.15) is 0 Å². The van der Waals surface area contributed by atoms with E-state index in [1.807, 2.05) is 43.3 Å². The molecule has 0 radical (unpaired) electrons. The number of phenolic OH excluding ortho intramolecular Hbond substituents is 2. The van der Waals surface area contributed by atoms with Gasteiger partial charge < -0.3 is 19.7 Å². The molecular formula is C29H30FNO4. The van der Waals surface area contributed by atoms with E-state index in [0.29, 0.717) is 12.4 Å². The largest absolute Gasteiger partial charge is 0.508 e. The minimum atomic E-state index is -0.384. The van der Waals surface area contributed by atoms with Gasteiger partial charge in [0.1, 0.15) is 35.7 Å². The molecule has 0 aliphatic carbocycles. The van der Waals surface area contributed by atoms with Crippen molar-refractivity contribution in [2.75, 3.05) is 32.9 Å². The number of aromatic hydroxyl groups is 2. The van der Waals surface area contributed by atoms with Gasteiger partial charge in [-0.25, -0.2) is 0 Å². The average Bonchev–Trinajstić information content (AvgIpc) is 3.33. The van der Waals surface area contributed by atoms with Crippen LogP contribution in [-0.2, 0) is 0 Å². The molecule has 5 nitrogen and oxygen atoms in total. The molecule has 5 rings (SSSR count). The zero-order chi connectivity index (χ0) is 24.4. The number of likely N-dealkylation sites (tertiary alicyclic amines) is 1. The van der Waals surface area contributed by atoms with E-state index in [1.165, 1.54) is 0 Å². The summed E-state index contributed by atoms with van der Waals surface area (Å²) in [5, 5.41) is 20.1. The summed E-state index contributed by atoms with van der Waals surface area (Å²) < 4.78 is 25.2. The zero-order valence-corrected chi connectivity index (χ0v) is 19.8. The summed E-state index contributed by atoms with van der Waals surface area (Å²) in [5.41, 5.74) is 4.56. The Labute approximate surface area is 205 Å². The van der Waals surface area contributed by atoms with Crippen molar-refractivity contribution < 1.29 is 24.1 Å². The van der Waals surface area contributed by atoms with Crippen molar-refractivity contribution >= 4 is 11.1 Å². The van der Waals surface area contributed by atoms with Gasteiger partial charge in [-0.1, -0.05) is 24.3 Å². The third-order valence-electron chi connectivity index (χ3n) is 6.88. The molecule has 0 aromatic heterocycles. The van der Waals surface area contributed by atoms with Gasteiger partial charge in [0.15, 0.2) is 0 Å². The highest BCUT2D eigenvalue weighted by molar-refractivity contribution is 5.95. The van der Waals surface area contributed by atoms with Crippen LogP contribution in [0.5, 0.6) is 23.0 Å². The summed E-state index contributed by atoms with van der Waals surface area (Å²) in [5.74, 6) is 2.00. The van der Waals surface area contributed by atoms with Crippen LogP contribution in [-0.4, -0.2) is 48.0 Å². The topological polar surface area (TPSA) is 62.2 Å². The number of fused-ring (bicyclic) bond motifs is 1. The van der Waals surface area contributed by atoms with Crippen LogP contribution in [0.25, 0.3) is 11.1 Å². The van der Waals surface area contributed by atoms with Gasteiger partial charge in [0.25, 0.3) is 0 Å². The van der Waals surface area contributed by atoms with Crippen molar-refractivity contribution in [2.24, 2.45) is 5.92 Å². The lowest BCUT2D eigenvalue weighted by Crippen LogP contribution is -2.26. The number of hydrogen-bond acceptors (Lipinski definition) is 5. The molecule has 2 aliphatic rings. The molecule has 2 N–H and O–H groups in total. The number of alkyl halides is 1. The molecule has 35 heavy (non-hydrogen) atoms. The lowest BCUT2D eigenvalue weighted by molar-refractivity contribution is 0.228. The lowest BCUT2D eigenvalue weighted by atomic mass is 9.86. The molecule has 2 atom stereocenters. The Kier molecular flexibility index (Phi) is 6.64. The lowest BCUT2D eigenvalue weighted by Gasteiger charge is -2.31. The van der Waals surface area contributed by atoms with E-state index < -0.39 is 0 Å². The molecule has 0 bridgehead atoms. The maximum absolute atomic E-state index is 12.8. The van der Waals surface area contributed by atoms with E-state index >= 15 is 0 Å². The van der Waals surface area contributed by atoms with Gasteiger partial charge in [-0.05, 0) is 79.1 Å². The summed E-state index contributed by atoms with van der Waals surface area (Å²) >= 11 is 0. The molecule has 1 fully saturated rings. The van der Waals surface area contributed by atoms with Crippen LogP contribution in [0.4, 0.5) is 4.39 Å². The summed E-state index contributed by atoms with van der Waals surface area (Å²) in [4.78, 5) is 2.25.